The van der Waals surface area contributed by atoms with Crippen molar-refractivity contribution in [2.45, 2.75) is 12.6 Å². The molecule has 0 atom stereocenters. The van der Waals surface area contributed by atoms with Gasteiger partial charge in [0.25, 0.3) is 0 Å². The summed E-state index contributed by atoms with van der Waals surface area (Å²) in [5.74, 6) is -0.353. The van der Waals surface area contributed by atoms with Gasteiger partial charge in [-0.2, -0.15) is 18.3 Å². The van der Waals surface area contributed by atoms with E-state index in [-0.39, 0.29) is 5.82 Å². The number of rotatable bonds is 6. The number of hydrogen-bond acceptors (Lipinski definition) is 2. The third kappa shape index (κ3) is 4.77. The Balaban J connectivity index is 1.56. The number of alkyl halides is 3. The van der Waals surface area contributed by atoms with Crippen molar-refractivity contribution >= 4 is 5.69 Å². The van der Waals surface area contributed by atoms with E-state index in [1.165, 1.54) is 24.3 Å². The molecule has 31 heavy (non-hydrogen) atoms. The van der Waals surface area contributed by atoms with E-state index in [0.717, 1.165) is 23.4 Å². The molecule has 1 heterocycles. The van der Waals surface area contributed by atoms with Crippen molar-refractivity contribution in [2.75, 3.05) is 11.9 Å². The summed E-state index contributed by atoms with van der Waals surface area (Å²) in [6.45, 7) is 0.480. The van der Waals surface area contributed by atoms with Crippen LogP contribution < -0.4 is 5.32 Å². The van der Waals surface area contributed by atoms with Crippen LogP contribution in [0.3, 0.4) is 0 Å². The summed E-state index contributed by atoms with van der Waals surface area (Å²) in [6.07, 6.45) is -2.15. The molecule has 0 saturated heterocycles. The van der Waals surface area contributed by atoms with Gasteiger partial charge in [0.2, 0.25) is 0 Å². The number of nitrogens with zero attached hydrogens (tertiary/aromatic N) is 2. The van der Waals surface area contributed by atoms with Crippen molar-refractivity contribution in [1.82, 2.24) is 9.78 Å². The van der Waals surface area contributed by atoms with Crippen molar-refractivity contribution in [2.24, 2.45) is 0 Å². The average molecular weight is 425 g/mol. The predicted molar refractivity (Wildman–Crippen MR) is 113 cm³/mol. The van der Waals surface area contributed by atoms with E-state index in [2.05, 4.69) is 10.4 Å². The van der Waals surface area contributed by atoms with E-state index in [9.17, 15) is 17.6 Å². The van der Waals surface area contributed by atoms with E-state index >= 15 is 0 Å². The van der Waals surface area contributed by atoms with Crippen LogP contribution in [-0.4, -0.2) is 16.3 Å². The lowest BCUT2D eigenvalue weighted by Crippen LogP contribution is -2.08. The average Bonchev–Trinajstić information content (AvgIpc) is 3.18. The second-order valence-electron chi connectivity index (χ2n) is 7.04. The first kappa shape index (κ1) is 20.7. The monoisotopic (exact) mass is 425 g/mol. The van der Waals surface area contributed by atoms with Gasteiger partial charge in [0.1, 0.15) is 5.82 Å². The zero-order chi connectivity index (χ0) is 21.8. The second-order valence-corrected chi connectivity index (χ2v) is 7.04. The van der Waals surface area contributed by atoms with Crippen molar-refractivity contribution in [1.29, 1.82) is 0 Å². The van der Waals surface area contributed by atoms with Gasteiger partial charge in [0, 0.05) is 12.1 Å². The minimum atomic E-state index is -4.34. The minimum Gasteiger partial charge on any atom is -0.382 e. The van der Waals surface area contributed by atoms with E-state index in [4.69, 9.17) is 0 Å². The molecule has 0 aliphatic rings. The fourth-order valence-electron chi connectivity index (χ4n) is 3.36. The number of halogens is 4. The number of nitrogens with one attached hydrogen (secondary N) is 1. The van der Waals surface area contributed by atoms with E-state index < -0.39 is 11.7 Å². The Morgan fingerprint density at radius 3 is 2.29 bits per heavy atom. The first-order valence-corrected chi connectivity index (χ1v) is 9.71. The standard InChI is InChI=1S/C24H19F4N3/c25-20-6-4-5-18(15-20)23-22(16-30-31(23)21-7-2-1-3-8-21)29-14-13-17-9-11-19(12-10-17)24(26,27)28/h1-12,15-16,29H,13-14H2. The Morgan fingerprint density at radius 2 is 1.61 bits per heavy atom. The van der Waals surface area contributed by atoms with Crippen molar-refractivity contribution in [3.05, 3.63) is 102 Å². The second kappa shape index (κ2) is 8.63. The molecule has 0 unspecified atom stereocenters. The van der Waals surface area contributed by atoms with Gasteiger partial charge in [0.15, 0.2) is 0 Å². The largest absolute Gasteiger partial charge is 0.416 e. The number of aromatic nitrogens is 2. The van der Waals surface area contributed by atoms with Gasteiger partial charge in [0.05, 0.1) is 28.8 Å². The molecule has 0 radical (unpaired) electrons. The predicted octanol–water partition coefficient (Wildman–Crippen LogP) is 6.35. The lowest BCUT2D eigenvalue weighted by molar-refractivity contribution is -0.137. The van der Waals surface area contributed by atoms with Crippen LogP contribution in [0.15, 0.2) is 85.1 Å². The Bertz CT molecular complexity index is 1150. The summed E-state index contributed by atoms with van der Waals surface area (Å²) in [6, 6.07) is 20.9. The highest BCUT2D eigenvalue weighted by Gasteiger charge is 2.29. The quantitative estimate of drug-likeness (QED) is 0.365. The molecule has 0 fully saturated rings. The Morgan fingerprint density at radius 1 is 0.871 bits per heavy atom. The summed E-state index contributed by atoms with van der Waals surface area (Å²) < 4.78 is 53.8. The molecule has 0 spiro atoms. The molecule has 3 nitrogen and oxygen atoms in total. The smallest absolute Gasteiger partial charge is 0.382 e. The third-order valence-corrected chi connectivity index (χ3v) is 4.88. The molecular formula is C24H19F4N3. The minimum absolute atomic E-state index is 0.353. The molecule has 1 N–H and O–H groups in total. The molecule has 3 aromatic carbocycles. The lowest BCUT2D eigenvalue weighted by Gasteiger charge is -2.12. The Labute approximate surface area is 177 Å². The molecule has 4 rings (SSSR count). The zero-order valence-electron chi connectivity index (χ0n) is 16.4. The highest BCUT2D eigenvalue weighted by Crippen LogP contribution is 2.31. The summed E-state index contributed by atoms with van der Waals surface area (Å²) in [5, 5.41) is 7.75. The maximum atomic E-state index is 13.9. The van der Waals surface area contributed by atoms with Crippen LogP contribution in [0.2, 0.25) is 0 Å². The molecule has 0 saturated carbocycles. The highest BCUT2D eigenvalue weighted by atomic mass is 19.4. The molecule has 0 bridgehead atoms. The number of benzene rings is 3. The van der Waals surface area contributed by atoms with Crippen LogP contribution in [0, 0.1) is 5.82 Å². The van der Waals surface area contributed by atoms with Gasteiger partial charge in [-0.25, -0.2) is 9.07 Å². The van der Waals surface area contributed by atoms with E-state index in [0.29, 0.717) is 29.9 Å². The lowest BCUT2D eigenvalue weighted by atomic mass is 10.1. The summed E-state index contributed by atoms with van der Waals surface area (Å²) >= 11 is 0. The first-order chi connectivity index (χ1) is 14.9. The van der Waals surface area contributed by atoms with Crippen LogP contribution in [0.1, 0.15) is 11.1 Å². The molecular weight excluding hydrogens is 406 g/mol. The fraction of sp³-hybridized carbons (Fsp3) is 0.125. The summed E-state index contributed by atoms with van der Waals surface area (Å²) in [4.78, 5) is 0. The van der Waals surface area contributed by atoms with Crippen molar-refractivity contribution in [3.63, 3.8) is 0 Å². The Kier molecular flexibility index (Phi) is 5.75. The molecule has 0 aliphatic heterocycles. The van der Waals surface area contributed by atoms with Gasteiger partial charge in [-0.15, -0.1) is 0 Å². The molecule has 7 heteroatoms. The maximum Gasteiger partial charge on any atom is 0.416 e. The van der Waals surface area contributed by atoms with Gasteiger partial charge in [-0.3, -0.25) is 0 Å². The van der Waals surface area contributed by atoms with Crippen molar-refractivity contribution < 1.29 is 17.6 Å². The topological polar surface area (TPSA) is 29.9 Å². The van der Waals surface area contributed by atoms with Crippen LogP contribution in [0.5, 0.6) is 0 Å². The molecule has 0 amide bonds. The van der Waals surface area contributed by atoms with E-state index in [1.807, 2.05) is 30.3 Å². The van der Waals surface area contributed by atoms with Crippen LogP contribution in [0.4, 0.5) is 23.2 Å². The Hall–Kier alpha value is -3.61. The third-order valence-electron chi connectivity index (χ3n) is 4.88. The molecule has 158 valence electrons. The number of para-hydroxylation sites is 1. The first-order valence-electron chi connectivity index (χ1n) is 9.71. The summed E-state index contributed by atoms with van der Waals surface area (Å²) in [5.41, 5.74) is 3.03. The van der Waals surface area contributed by atoms with Gasteiger partial charge in [-0.1, -0.05) is 42.5 Å². The van der Waals surface area contributed by atoms with Gasteiger partial charge >= 0.3 is 6.18 Å². The number of anilines is 1. The van der Waals surface area contributed by atoms with Crippen LogP contribution >= 0.6 is 0 Å². The molecule has 4 aromatic rings. The fourth-order valence-corrected chi connectivity index (χ4v) is 3.36. The molecule has 1 aromatic heterocycles. The molecule has 0 aliphatic carbocycles. The van der Waals surface area contributed by atoms with Crippen LogP contribution in [-0.2, 0) is 12.6 Å². The van der Waals surface area contributed by atoms with Crippen molar-refractivity contribution in [3.8, 4) is 16.9 Å². The van der Waals surface area contributed by atoms with Crippen LogP contribution in [0.25, 0.3) is 16.9 Å². The van der Waals surface area contributed by atoms with E-state index in [1.54, 1.807) is 23.0 Å². The van der Waals surface area contributed by atoms with Gasteiger partial charge in [-0.05, 0) is 48.4 Å². The highest BCUT2D eigenvalue weighted by molar-refractivity contribution is 5.76. The van der Waals surface area contributed by atoms with Gasteiger partial charge < -0.3 is 5.32 Å². The maximum absolute atomic E-state index is 13.9. The number of hydrogen-bond donors (Lipinski definition) is 1. The normalized spacial score (nSPS) is 11.5. The summed E-state index contributed by atoms with van der Waals surface area (Å²) in [7, 11) is 0. The SMILES string of the molecule is Fc1cccc(-c2c(NCCc3ccc(C(F)(F)F)cc3)cnn2-c2ccccc2)c1. The zero-order valence-corrected chi connectivity index (χ0v) is 16.4.